The second kappa shape index (κ2) is 7.74. The average Bonchev–Trinajstić information content (AvgIpc) is 3.24. The Morgan fingerprint density at radius 2 is 2.14 bits per heavy atom. The van der Waals surface area contributed by atoms with Crippen LogP contribution in [0.25, 0.3) is 0 Å². The van der Waals surface area contributed by atoms with Gasteiger partial charge in [0.2, 0.25) is 3.68 Å². The number of anilines is 1. The topological polar surface area (TPSA) is 114 Å². The minimum atomic E-state index is -2.33. The van der Waals surface area contributed by atoms with Crippen molar-refractivity contribution in [1.82, 2.24) is 9.55 Å². The van der Waals surface area contributed by atoms with E-state index in [0.717, 1.165) is 29.4 Å². The lowest BCUT2D eigenvalue weighted by Crippen LogP contribution is -2.40. The lowest BCUT2D eigenvalue weighted by Gasteiger charge is -2.23. The third-order valence-corrected chi connectivity index (χ3v) is 6.42. The van der Waals surface area contributed by atoms with Gasteiger partial charge in [-0.3, -0.25) is 9.36 Å². The number of alkyl halides is 2. The summed E-state index contributed by atoms with van der Waals surface area (Å²) >= 11 is 1.35. The quantitative estimate of drug-likeness (QED) is 0.419. The van der Waals surface area contributed by atoms with Crippen molar-refractivity contribution in [1.29, 1.82) is 0 Å². The van der Waals surface area contributed by atoms with Gasteiger partial charge in [0.15, 0.2) is 6.23 Å². The fourth-order valence-electron chi connectivity index (χ4n) is 3.68. The molecule has 2 aromatic rings. The van der Waals surface area contributed by atoms with Gasteiger partial charge < -0.3 is 20.3 Å². The molecule has 2 unspecified atom stereocenters. The van der Waals surface area contributed by atoms with Crippen LogP contribution in [0, 0.1) is 0 Å². The van der Waals surface area contributed by atoms with Crippen molar-refractivity contribution in [2.24, 2.45) is 0 Å². The molecule has 4 rings (SSSR count). The number of fused-ring (bicyclic) bond motifs is 1. The molecule has 1 aliphatic heterocycles. The number of aliphatic hydroxyl groups excluding tert-OH is 2. The zero-order valence-corrected chi connectivity index (χ0v) is 17.4. The first-order chi connectivity index (χ1) is 13.8. The maximum absolute atomic E-state index is 14.9. The van der Waals surface area contributed by atoms with Crippen LogP contribution in [0.3, 0.4) is 0 Å². The average molecular weight is 515 g/mol. The van der Waals surface area contributed by atoms with E-state index in [9.17, 15) is 24.2 Å². The Labute approximate surface area is 178 Å². The highest BCUT2D eigenvalue weighted by atomic mass is 127. The van der Waals surface area contributed by atoms with Crippen LogP contribution in [0.4, 0.5) is 10.2 Å². The second-order valence-corrected chi connectivity index (χ2v) is 8.78. The number of hydrogen-bond acceptors (Lipinski definition) is 6. The molecule has 4 atom stereocenters. The van der Waals surface area contributed by atoms with Gasteiger partial charge in [0, 0.05) is 11.8 Å². The molecule has 1 amide bonds. The van der Waals surface area contributed by atoms with E-state index in [1.165, 1.54) is 40.4 Å². The summed E-state index contributed by atoms with van der Waals surface area (Å²) < 4.78 is 18.7. The monoisotopic (exact) mass is 515 g/mol. The van der Waals surface area contributed by atoms with Crippen molar-refractivity contribution < 1.29 is 24.1 Å². The highest BCUT2D eigenvalue weighted by Gasteiger charge is 2.56. The summed E-state index contributed by atoms with van der Waals surface area (Å²) in [5, 5.41) is 21.7. The third kappa shape index (κ3) is 3.69. The van der Waals surface area contributed by atoms with E-state index in [0.29, 0.717) is 5.56 Å². The number of carbonyl (C=O) groups is 1. The molecule has 1 fully saturated rings. The smallest absolute Gasteiger partial charge is 0.351 e. The highest BCUT2D eigenvalue weighted by Crippen LogP contribution is 2.45. The first-order valence-corrected chi connectivity index (χ1v) is 10.2. The molecule has 1 aromatic carbocycles. The maximum atomic E-state index is 14.9. The van der Waals surface area contributed by atoms with Gasteiger partial charge in [0.25, 0.3) is 5.91 Å². The van der Waals surface area contributed by atoms with Gasteiger partial charge in [-0.05, 0) is 71.2 Å². The Hall–Kier alpha value is -1.89. The van der Waals surface area contributed by atoms with Crippen molar-refractivity contribution in [3.05, 3.63) is 57.6 Å². The molecule has 0 bridgehead atoms. The van der Waals surface area contributed by atoms with Crippen molar-refractivity contribution in [3.8, 4) is 0 Å². The molecule has 29 heavy (non-hydrogen) atoms. The number of carbonyl (C=O) groups excluding carboxylic acids is 1. The summed E-state index contributed by atoms with van der Waals surface area (Å²) in [4.78, 5) is 28.7. The highest BCUT2D eigenvalue weighted by molar-refractivity contribution is 14.1. The van der Waals surface area contributed by atoms with Crippen LogP contribution < -0.4 is 11.0 Å². The molecule has 10 heteroatoms. The fraction of sp³-hybridized carbons (Fsp3) is 0.421. The van der Waals surface area contributed by atoms with Gasteiger partial charge in [-0.15, -0.1) is 0 Å². The van der Waals surface area contributed by atoms with E-state index in [1.54, 1.807) is 6.07 Å². The number of benzene rings is 1. The molecule has 3 N–H and O–H groups in total. The first kappa shape index (κ1) is 20.4. The Morgan fingerprint density at radius 1 is 1.38 bits per heavy atom. The summed E-state index contributed by atoms with van der Waals surface area (Å²) in [5.74, 6) is -0.377. The number of halogens is 2. The summed E-state index contributed by atoms with van der Waals surface area (Å²) in [6.45, 7) is -0.594. The van der Waals surface area contributed by atoms with Crippen LogP contribution in [0.5, 0.6) is 0 Å². The Morgan fingerprint density at radius 3 is 2.83 bits per heavy atom. The van der Waals surface area contributed by atoms with Crippen molar-refractivity contribution in [3.63, 3.8) is 0 Å². The van der Waals surface area contributed by atoms with Gasteiger partial charge >= 0.3 is 5.69 Å². The predicted octanol–water partition coefficient (Wildman–Crippen LogP) is 1.34. The molecule has 2 heterocycles. The minimum Gasteiger partial charge on any atom is -0.394 e. The molecular formula is C19H19FIN3O5. The standard InChI is InChI=1S/C19H19FIN3O5/c20-19(21)15(26)13(9-25)29-17(19)24-7-6-14(23-18(24)28)22-16(27)12-5-4-10-2-1-3-11(10)8-12/h4-8,13,15,17,25-26H,1-3,9H2,(H,22,23,27,28)/t13-,15-,17?,19?/m1/s1. The molecule has 1 aliphatic carbocycles. The van der Waals surface area contributed by atoms with Gasteiger partial charge in [0.1, 0.15) is 18.0 Å². The Bertz CT molecular complexity index is 1010. The van der Waals surface area contributed by atoms with Crippen LogP contribution in [-0.4, -0.2) is 48.2 Å². The van der Waals surface area contributed by atoms with Gasteiger partial charge in [0.05, 0.1) is 6.61 Å². The first-order valence-electron chi connectivity index (χ1n) is 9.16. The summed E-state index contributed by atoms with van der Waals surface area (Å²) in [6.07, 6.45) is 0.0290. The molecule has 0 saturated carbocycles. The number of amides is 1. The number of rotatable bonds is 4. The van der Waals surface area contributed by atoms with Gasteiger partial charge in [-0.25, -0.2) is 9.18 Å². The fourth-order valence-corrected chi connectivity index (χ4v) is 4.53. The number of aromatic nitrogens is 2. The molecule has 1 saturated heterocycles. The molecular weight excluding hydrogens is 496 g/mol. The minimum absolute atomic E-state index is 0.0203. The van der Waals surface area contributed by atoms with E-state index in [2.05, 4.69) is 10.3 Å². The second-order valence-electron chi connectivity index (χ2n) is 7.12. The lowest BCUT2D eigenvalue weighted by atomic mass is 10.1. The van der Waals surface area contributed by atoms with Gasteiger partial charge in [-0.1, -0.05) is 6.07 Å². The summed E-state index contributed by atoms with van der Waals surface area (Å²) in [5.41, 5.74) is 2.01. The van der Waals surface area contributed by atoms with Crippen molar-refractivity contribution in [2.75, 3.05) is 11.9 Å². The van der Waals surface area contributed by atoms with E-state index in [4.69, 9.17) is 4.74 Å². The number of aryl methyl sites for hydroxylation is 2. The molecule has 1 aromatic heterocycles. The van der Waals surface area contributed by atoms with Crippen LogP contribution in [0.15, 0.2) is 35.3 Å². The number of aliphatic hydroxyl groups is 2. The number of hydrogen-bond donors (Lipinski definition) is 3. The van der Waals surface area contributed by atoms with Crippen molar-refractivity contribution >= 4 is 34.3 Å². The van der Waals surface area contributed by atoms with E-state index in [1.807, 2.05) is 12.1 Å². The number of nitrogens with one attached hydrogen (secondary N) is 1. The molecule has 2 aliphatic rings. The zero-order valence-electron chi connectivity index (χ0n) is 15.2. The van der Waals surface area contributed by atoms with E-state index in [-0.39, 0.29) is 5.82 Å². The van der Waals surface area contributed by atoms with Crippen LogP contribution in [0.1, 0.15) is 34.1 Å². The molecule has 154 valence electrons. The molecule has 0 radical (unpaired) electrons. The molecule has 0 spiro atoms. The van der Waals surface area contributed by atoms with Crippen LogP contribution in [0.2, 0.25) is 0 Å². The zero-order chi connectivity index (χ0) is 20.8. The largest absolute Gasteiger partial charge is 0.394 e. The van der Waals surface area contributed by atoms with Crippen LogP contribution in [-0.2, 0) is 17.6 Å². The Kier molecular flexibility index (Phi) is 5.44. The summed E-state index contributed by atoms with van der Waals surface area (Å²) in [6, 6.07) is 6.86. The number of ether oxygens (including phenoxy) is 1. The number of nitrogens with zero attached hydrogens (tertiary/aromatic N) is 2. The Balaban J connectivity index is 1.53. The van der Waals surface area contributed by atoms with E-state index >= 15 is 0 Å². The third-order valence-electron chi connectivity index (χ3n) is 5.24. The van der Waals surface area contributed by atoms with Crippen molar-refractivity contribution in [2.45, 2.75) is 41.4 Å². The summed E-state index contributed by atoms with van der Waals surface area (Å²) in [7, 11) is 0. The lowest BCUT2D eigenvalue weighted by molar-refractivity contribution is -0.0499. The molecule has 8 nitrogen and oxygen atoms in total. The van der Waals surface area contributed by atoms with Crippen LogP contribution >= 0.6 is 22.6 Å². The SMILES string of the molecule is O=C(Nc1ccn(C2O[C@H](CO)[C@@H](O)C2(F)I)c(=O)n1)c1ccc2c(c1)CCC2. The predicted molar refractivity (Wildman–Crippen MR) is 110 cm³/mol. The van der Waals surface area contributed by atoms with E-state index < -0.39 is 40.3 Å². The normalized spacial score (nSPS) is 28.3. The maximum Gasteiger partial charge on any atom is 0.351 e. The van der Waals surface area contributed by atoms with Gasteiger partial charge in [-0.2, -0.15) is 4.98 Å².